The molecule has 1 aliphatic rings. The van der Waals surface area contributed by atoms with Crippen LogP contribution in [0.15, 0.2) is 27.8 Å². The Morgan fingerprint density at radius 3 is 3.06 bits per heavy atom. The van der Waals surface area contributed by atoms with Gasteiger partial charge >= 0.3 is 0 Å². The van der Waals surface area contributed by atoms with E-state index >= 15 is 0 Å². The number of oxime groups is 1. The summed E-state index contributed by atoms with van der Waals surface area (Å²) in [5.74, 6) is 0. The lowest BCUT2D eigenvalue weighted by atomic mass is 9.94. The SMILES string of the molecule is CO/N=C1\CCCc2c1[nH]c1c(Br)cccc21. The Morgan fingerprint density at radius 1 is 1.35 bits per heavy atom. The minimum atomic E-state index is 0.977. The van der Waals surface area contributed by atoms with Crippen molar-refractivity contribution in [3.63, 3.8) is 0 Å². The summed E-state index contributed by atoms with van der Waals surface area (Å²) in [7, 11) is 1.60. The minimum absolute atomic E-state index is 0.977. The van der Waals surface area contributed by atoms with Crippen LogP contribution < -0.4 is 0 Å². The predicted molar refractivity (Wildman–Crippen MR) is 72.5 cm³/mol. The van der Waals surface area contributed by atoms with Crippen LogP contribution in [0.5, 0.6) is 0 Å². The maximum atomic E-state index is 4.92. The standard InChI is InChI=1S/C13H13BrN2O/c1-17-16-11-7-3-5-9-8-4-2-6-10(14)12(8)15-13(9)11/h2,4,6,15H,3,5,7H2,1H3/b16-11+. The zero-order chi connectivity index (χ0) is 11.8. The van der Waals surface area contributed by atoms with Gasteiger partial charge in [0.2, 0.25) is 0 Å². The van der Waals surface area contributed by atoms with E-state index in [1.807, 2.05) is 0 Å². The molecule has 88 valence electrons. The Morgan fingerprint density at radius 2 is 2.24 bits per heavy atom. The Hall–Kier alpha value is -1.29. The normalized spacial score (nSPS) is 17.4. The highest BCUT2D eigenvalue weighted by atomic mass is 79.9. The van der Waals surface area contributed by atoms with Gasteiger partial charge in [-0.25, -0.2) is 0 Å². The summed E-state index contributed by atoms with van der Waals surface area (Å²) in [6.45, 7) is 0. The highest BCUT2D eigenvalue weighted by Gasteiger charge is 2.21. The van der Waals surface area contributed by atoms with Gasteiger partial charge in [-0.3, -0.25) is 0 Å². The number of aryl methyl sites for hydroxylation is 1. The Kier molecular flexibility index (Phi) is 2.67. The molecule has 0 amide bonds. The van der Waals surface area contributed by atoms with Gasteiger partial charge in [0.15, 0.2) is 0 Å². The number of benzene rings is 1. The molecule has 0 atom stereocenters. The van der Waals surface area contributed by atoms with Gasteiger partial charge in [0.1, 0.15) is 12.8 Å². The number of para-hydroxylation sites is 1. The van der Waals surface area contributed by atoms with Gasteiger partial charge < -0.3 is 9.82 Å². The van der Waals surface area contributed by atoms with E-state index in [9.17, 15) is 0 Å². The van der Waals surface area contributed by atoms with Gasteiger partial charge in [-0.1, -0.05) is 17.3 Å². The number of aromatic amines is 1. The van der Waals surface area contributed by atoms with Gasteiger partial charge in [0.05, 0.1) is 11.2 Å². The number of halogens is 1. The van der Waals surface area contributed by atoms with E-state index in [0.29, 0.717) is 0 Å². The number of fused-ring (bicyclic) bond motifs is 3. The number of rotatable bonds is 1. The molecule has 0 bridgehead atoms. The van der Waals surface area contributed by atoms with Crippen LogP contribution in [0, 0.1) is 0 Å². The van der Waals surface area contributed by atoms with Crippen molar-refractivity contribution >= 4 is 32.5 Å². The van der Waals surface area contributed by atoms with Gasteiger partial charge in [-0.05, 0) is 46.8 Å². The maximum absolute atomic E-state index is 4.92. The van der Waals surface area contributed by atoms with Crippen LogP contribution in [0.2, 0.25) is 0 Å². The fraction of sp³-hybridized carbons (Fsp3) is 0.308. The number of hydrogen-bond donors (Lipinski definition) is 1. The van der Waals surface area contributed by atoms with E-state index in [1.165, 1.54) is 10.9 Å². The highest BCUT2D eigenvalue weighted by Crippen LogP contribution is 2.32. The van der Waals surface area contributed by atoms with E-state index < -0.39 is 0 Å². The first-order valence-corrected chi connectivity index (χ1v) is 6.50. The van der Waals surface area contributed by atoms with Crippen LogP contribution >= 0.6 is 15.9 Å². The lowest BCUT2D eigenvalue weighted by Crippen LogP contribution is -2.11. The molecule has 1 aromatic carbocycles. The fourth-order valence-electron chi connectivity index (χ4n) is 2.50. The fourth-order valence-corrected chi connectivity index (χ4v) is 2.97. The second-order valence-electron chi connectivity index (χ2n) is 4.22. The van der Waals surface area contributed by atoms with E-state index in [2.05, 4.69) is 44.3 Å². The van der Waals surface area contributed by atoms with Crippen molar-refractivity contribution in [1.29, 1.82) is 0 Å². The molecule has 0 spiro atoms. The zero-order valence-corrected chi connectivity index (χ0v) is 11.2. The highest BCUT2D eigenvalue weighted by molar-refractivity contribution is 9.10. The van der Waals surface area contributed by atoms with Crippen molar-refractivity contribution in [1.82, 2.24) is 4.98 Å². The molecule has 17 heavy (non-hydrogen) atoms. The van der Waals surface area contributed by atoms with E-state index in [4.69, 9.17) is 4.84 Å². The molecule has 3 nitrogen and oxygen atoms in total. The molecule has 0 fully saturated rings. The minimum Gasteiger partial charge on any atom is -0.399 e. The van der Waals surface area contributed by atoms with Crippen LogP contribution in [0.25, 0.3) is 10.9 Å². The molecule has 0 unspecified atom stereocenters. The molecule has 2 aromatic rings. The van der Waals surface area contributed by atoms with Crippen molar-refractivity contribution in [3.8, 4) is 0 Å². The topological polar surface area (TPSA) is 37.4 Å². The second-order valence-corrected chi connectivity index (χ2v) is 5.07. The average molecular weight is 293 g/mol. The summed E-state index contributed by atoms with van der Waals surface area (Å²) < 4.78 is 1.10. The molecule has 0 aliphatic heterocycles. The molecular formula is C13H13BrN2O. The summed E-state index contributed by atoms with van der Waals surface area (Å²) in [5, 5.41) is 5.41. The first-order valence-electron chi connectivity index (χ1n) is 5.70. The summed E-state index contributed by atoms with van der Waals surface area (Å²) in [6, 6.07) is 6.28. The van der Waals surface area contributed by atoms with Gasteiger partial charge in [0, 0.05) is 9.86 Å². The van der Waals surface area contributed by atoms with Gasteiger partial charge in [-0.2, -0.15) is 0 Å². The molecule has 1 N–H and O–H groups in total. The number of nitrogens with one attached hydrogen (secondary N) is 1. The Bertz CT molecular complexity index is 601. The molecule has 0 saturated carbocycles. The third-order valence-corrected chi connectivity index (χ3v) is 3.88. The van der Waals surface area contributed by atoms with Crippen LogP contribution in [0.4, 0.5) is 0 Å². The molecule has 1 aromatic heterocycles. The molecule has 0 saturated heterocycles. The Labute approximate surface area is 108 Å². The Balaban J connectivity index is 2.29. The van der Waals surface area contributed by atoms with E-state index in [0.717, 1.165) is 40.7 Å². The summed E-state index contributed by atoms with van der Waals surface area (Å²) in [4.78, 5) is 8.38. The number of aromatic nitrogens is 1. The average Bonchev–Trinajstić information content (AvgIpc) is 2.71. The van der Waals surface area contributed by atoms with Crippen LogP contribution in [0.1, 0.15) is 24.1 Å². The van der Waals surface area contributed by atoms with E-state index in [1.54, 1.807) is 7.11 Å². The van der Waals surface area contributed by atoms with Crippen molar-refractivity contribution in [2.75, 3.05) is 7.11 Å². The molecule has 1 aliphatic carbocycles. The van der Waals surface area contributed by atoms with E-state index in [-0.39, 0.29) is 0 Å². The van der Waals surface area contributed by atoms with Gasteiger partial charge in [0.25, 0.3) is 0 Å². The smallest absolute Gasteiger partial charge is 0.106 e. The van der Waals surface area contributed by atoms with Crippen molar-refractivity contribution < 1.29 is 4.84 Å². The van der Waals surface area contributed by atoms with Crippen LogP contribution in [-0.2, 0) is 11.3 Å². The van der Waals surface area contributed by atoms with Crippen molar-refractivity contribution in [2.45, 2.75) is 19.3 Å². The molecule has 1 heterocycles. The van der Waals surface area contributed by atoms with Crippen LogP contribution in [0.3, 0.4) is 0 Å². The monoisotopic (exact) mass is 292 g/mol. The zero-order valence-electron chi connectivity index (χ0n) is 9.59. The van der Waals surface area contributed by atoms with Crippen LogP contribution in [-0.4, -0.2) is 17.8 Å². The third kappa shape index (κ3) is 1.67. The third-order valence-electron chi connectivity index (χ3n) is 3.22. The second kappa shape index (κ2) is 4.18. The maximum Gasteiger partial charge on any atom is 0.106 e. The van der Waals surface area contributed by atoms with Crippen molar-refractivity contribution in [3.05, 3.63) is 33.9 Å². The number of nitrogens with zero attached hydrogens (tertiary/aromatic N) is 1. The molecule has 3 rings (SSSR count). The van der Waals surface area contributed by atoms with Gasteiger partial charge in [-0.15, -0.1) is 0 Å². The number of hydrogen-bond acceptors (Lipinski definition) is 2. The van der Waals surface area contributed by atoms with Crippen molar-refractivity contribution in [2.24, 2.45) is 5.16 Å². The summed E-state index contributed by atoms with van der Waals surface area (Å²) in [6.07, 6.45) is 3.22. The lowest BCUT2D eigenvalue weighted by molar-refractivity contribution is 0.212. The largest absolute Gasteiger partial charge is 0.399 e. The molecular weight excluding hydrogens is 280 g/mol. The quantitative estimate of drug-likeness (QED) is 0.801. The first-order chi connectivity index (χ1) is 8.31. The summed E-state index contributed by atoms with van der Waals surface area (Å²) in [5.41, 5.74) is 4.68. The predicted octanol–water partition coefficient (Wildman–Crippen LogP) is 3.62. The summed E-state index contributed by atoms with van der Waals surface area (Å²) >= 11 is 3.58. The molecule has 4 heteroatoms. The number of H-pyrrole nitrogens is 1. The first kappa shape index (κ1) is 10.8. The molecule has 0 radical (unpaired) electrons. The lowest BCUT2D eigenvalue weighted by Gasteiger charge is -2.12.